The maximum atomic E-state index is 11.6. The summed E-state index contributed by atoms with van der Waals surface area (Å²) < 4.78 is 0. The zero-order valence-corrected chi connectivity index (χ0v) is 9.18. The summed E-state index contributed by atoms with van der Waals surface area (Å²) in [7, 11) is 0. The van der Waals surface area contributed by atoms with E-state index in [1.165, 1.54) is 0 Å². The lowest BCUT2D eigenvalue weighted by Gasteiger charge is -2.05. The maximum absolute atomic E-state index is 11.6. The van der Waals surface area contributed by atoms with Crippen LogP contribution in [0.2, 0.25) is 0 Å². The SMILES string of the molecule is CC(C)C(=O)/C(N=O)=C(\O)c1ccccc1. The highest BCUT2D eigenvalue weighted by Crippen LogP contribution is 2.19. The number of allylic oxidation sites excluding steroid dienone is 1. The molecular formula is C12H13NO3. The van der Waals surface area contributed by atoms with Gasteiger partial charge in [0.25, 0.3) is 0 Å². The van der Waals surface area contributed by atoms with Crippen LogP contribution in [0.3, 0.4) is 0 Å². The number of Topliss-reactive ketones (excluding diaryl/α,β-unsaturated/α-hetero) is 1. The van der Waals surface area contributed by atoms with E-state index in [9.17, 15) is 14.8 Å². The highest BCUT2D eigenvalue weighted by Gasteiger charge is 2.20. The van der Waals surface area contributed by atoms with Gasteiger partial charge in [0.1, 0.15) is 0 Å². The van der Waals surface area contributed by atoms with Crippen LogP contribution >= 0.6 is 0 Å². The molecule has 0 heterocycles. The number of ketones is 1. The molecule has 0 saturated heterocycles. The summed E-state index contributed by atoms with van der Waals surface area (Å²) in [6.07, 6.45) is 0. The van der Waals surface area contributed by atoms with Gasteiger partial charge < -0.3 is 5.11 Å². The second kappa shape index (κ2) is 5.21. The topological polar surface area (TPSA) is 66.7 Å². The van der Waals surface area contributed by atoms with Gasteiger partial charge in [-0.05, 0) is 5.18 Å². The Morgan fingerprint density at radius 2 is 1.81 bits per heavy atom. The van der Waals surface area contributed by atoms with Crippen LogP contribution in [-0.4, -0.2) is 10.9 Å². The van der Waals surface area contributed by atoms with E-state index in [1.54, 1.807) is 44.2 Å². The third-order valence-electron chi connectivity index (χ3n) is 2.12. The molecule has 0 unspecified atom stereocenters. The minimum absolute atomic E-state index is 0.366. The van der Waals surface area contributed by atoms with Crippen LogP contribution < -0.4 is 0 Å². The van der Waals surface area contributed by atoms with Crippen molar-refractivity contribution >= 4 is 11.5 Å². The number of hydrogen-bond donors (Lipinski definition) is 1. The molecule has 0 bridgehead atoms. The average Bonchev–Trinajstić information content (AvgIpc) is 2.30. The van der Waals surface area contributed by atoms with E-state index in [2.05, 4.69) is 5.18 Å². The first-order valence-electron chi connectivity index (χ1n) is 4.94. The summed E-state index contributed by atoms with van der Waals surface area (Å²) in [5.74, 6) is -1.20. The van der Waals surface area contributed by atoms with Gasteiger partial charge >= 0.3 is 0 Å². The Morgan fingerprint density at radius 3 is 2.25 bits per heavy atom. The van der Waals surface area contributed by atoms with E-state index in [-0.39, 0.29) is 11.7 Å². The normalized spacial score (nSPS) is 12.2. The fraction of sp³-hybridized carbons (Fsp3) is 0.250. The molecule has 0 aliphatic rings. The van der Waals surface area contributed by atoms with Crippen LogP contribution in [0.1, 0.15) is 19.4 Å². The van der Waals surface area contributed by atoms with E-state index >= 15 is 0 Å². The van der Waals surface area contributed by atoms with Crippen molar-refractivity contribution in [2.75, 3.05) is 0 Å². The molecule has 0 fully saturated rings. The summed E-state index contributed by atoms with van der Waals surface area (Å²) in [6, 6.07) is 8.39. The van der Waals surface area contributed by atoms with E-state index < -0.39 is 11.5 Å². The van der Waals surface area contributed by atoms with Crippen LogP contribution in [0.4, 0.5) is 0 Å². The van der Waals surface area contributed by atoms with Crippen molar-refractivity contribution in [3.05, 3.63) is 46.5 Å². The van der Waals surface area contributed by atoms with Gasteiger partial charge in [-0.15, -0.1) is 4.91 Å². The van der Waals surface area contributed by atoms with Crippen molar-refractivity contribution in [2.24, 2.45) is 11.1 Å². The lowest BCUT2D eigenvalue weighted by Crippen LogP contribution is -2.10. The van der Waals surface area contributed by atoms with Gasteiger partial charge in [0, 0.05) is 11.5 Å². The van der Waals surface area contributed by atoms with Crippen molar-refractivity contribution < 1.29 is 9.90 Å². The lowest BCUT2D eigenvalue weighted by molar-refractivity contribution is -0.118. The number of hydrogen-bond acceptors (Lipinski definition) is 4. The summed E-state index contributed by atoms with van der Waals surface area (Å²) in [5.41, 5.74) is -0.00713. The molecule has 0 aromatic heterocycles. The summed E-state index contributed by atoms with van der Waals surface area (Å²) in [4.78, 5) is 22.2. The molecule has 0 atom stereocenters. The number of nitroso groups, excluding NO2 is 1. The lowest BCUT2D eigenvalue weighted by atomic mass is 10.0. The Kier molecular flexibility index (Phi) is 3.94. The molecule has 1 aromatic rings. The van der Waals surface area contributed by atoms with Crippen LogP contribution in [0, 0.1) is 10.8 Å². The molecule has 0 spiro atoms. The third kappa shape index (κ3) is 2.53. The molecule has 4 nitrogen and oxygen atoms in total. The van der Waals surface area contributed by atoms with E-state index in [0.29, 0.717) is 5.56 Å². The van der Waals surface area contributed by atoms with Gasteiger partial charge in [-0.25, -0.2) is 0 Å². The quantitative estimate of drug-likeness (QED) is 0.481. The third-order valence-corrected chi connectivity index (χ3v) is 2.12. The molecule has 1 N–H and O–H groups in total. The standard InChI is InChI=1S/C12H13NO3/c1-8(2)11(14)10(13-16)12(15)9-6-4-3-5-7-9/h3-8,15H,1-2H3/b12-10+. The maximum Gasteiger partial charge on any atom is 0.193 e. The van der Waals surface area contributed by atoms with E-state index in [4.69, 9.17) is 0 Å². The van der Waals surface area contributed by atoms with Crippen molar-refractivity contribution in [2.45, 2.75) is 13.8 Å². The molecule has 4 heteroatoms. The Hall–Kier alpha value is -1.97. The Labute approximate surface area is 93.6 Å². The minimum atomic E-state index is -0.462. The van der Waals surface area contributed by atoms with Crippen LogP contribution in [0.25, 0.3) is 5.76 Å². The number of aliphatic hydroxyl groups is 1. The number of aliphatic hydroxyl groups excluding tert-OH is 1. The van der Waals surface area contributed by atoms with E-state index in [1.807, 2.05) is 0 Å². The zero-order valence-electron chi connectivity index (χ0n) is 9.18. The Balaban J connectivity index is 3.20. The molecule has 0 radical (unpaired) electrons. The summed E-state index contributed by atoms with van der Waals surface area (Å²) in [5, 5.41) is 12.4. The summed E-state index contributed by atoms with van der Waals surface area (Å²) in [6.45, 7) is 3.29. The number of rotatable bonds is 4. The Morgan fingerprint density at radius 1 is 1.25 bits per heavy atom. The number of benzene rings is 1. The zero-order chi connectivity index (χ0) is 12.1. The molecule has 0 amide bonds. The fourth-order valence-electron chi connectivity index (χ4n) is 1.21. The molecular weight excluding hydrogens is 206 g/mol. The smallest absolute Gasteiger partial charge is 0.193 e. The van der Waals surface area contributed by atoms with Gasteiger partial charge in [-0.3, -0.25) is 4.79 Å². The molecule has 0 saturated carbocycles. The fourth-order valence-corrected chi connectivity index (χ4v) is 1.21. The monoisotopic (exact) mass is 219 g/mol. The van der Waals surface area contributed by atoms with Gasteiger partial charge in [-0.1, -0.05) is 44.2 Å². The molecule has 0 aliphatic heterocycles. The van der Waals surface area contributed by atoms with Gasteiger partial charge in [0.2, 0.25) is 0 Å². The first-order valence-corrected chi connectivity index (χ1v) is 4.94. The highest BCUT2D eigenvalue weighted by atomic mass is 16.3. The summed E-state index contributed by atoms with van der Waals surface area (Å²) >= 11 is 0. The second-order valence-corrected chi connectivity index (χ2v) is 3.67. The molecule has 84 valence electrons. The predicted octanol–water partition coefficient (Wildman–Crippen LogP) is 2.90. The predicted molar refractivity (Wildman–Crippen MR) is 61.6 cm³/mol. The van der Waals surface area contributed by atoms with Crippen molar-refractivity contribution in [1.82, 2.24) is 0 Å². The molecule has 1 aromatic carbocycles. The number of carbonyl (C=O) groups is 1. The molecule has 16 heavy (non-hydrogen) atoms. The van der Waals surface area contributed by atoms with Gasteiger partial charge in [0.15, 0.2) is 17.2 Å². The van der Waals surface area contributed by atoms with Crippen LogP contribution in [-0.2, 0) is 4.79 Å². The van der Waals surface area contributed by atoms with E-state index in [0.717, 1.165) is 0 Å². The van der Waals surface area contributed by atoms with Gasteiger partial charge in [0.05, 0.1) is 0 Å². The second-order valence-electron chi connectivity index (χ2n) is 3.67. The number of carbonyl (C=O) groups excluding carboxylic acids is 1. The molecule has 0 aliphatic carbocycles. The van der Waals surface area contributed by atoms with Crippen LogP contribution in [0.15, 0.2) is 41.2 Å². The van der Waals surface area contributed by atoms with Crippen molar-refractivity contribution in [3.63, 3.8) is 0 Å². The Bertz CT molecular complexity index is 421. The van der Waals surface area contributed by atoms with Crippen molar-refractivity contribution in [3.8, 4) is 0 Å². The largest absolute Gasteiger partial charge is 0.505 e. The first-order chi connectivity index (χ1) is 7.57. The van der Waals surface area contributed by atoms with Gasteiger partial charge in [-0.2, -0.15) is 0 Å². The number of nitrogens with zero attached hydrogens (tertiary/aromatic N) is 1. The first kappa shape index (κ1) is 12.1. The van der Waals surface area contributed by atoms with Crippen LogP contribution in [0.5, 0.6) is 0 Å². The average molecular weight is 219 g/mol. The molecule has 1 rings (SSSR count). The van der Waals surface area contributed by atoms with Crippen molar-refractivity contribution in [1.29, 1.82) is 0 Å². The highest BCUT2D eigenvalue weighted by molar-refractivity contribution is 6.01. The minimum Gasteiger partial charge on any atom is -0.505 e.